The van der Waals surface area contributed by atoms with Gasteiger partial charge in [-0.2, -0.15) is 0 Å². The summed E-state index contributed by atoms with van der Waals surface area (Å²) >= 11 is 0. The molecule has 0 saturated carbocycles. The molecule has 0 radical (unpaired) electrons. The molecule has 2 rings (SSSR count). The number of rotatable bonds is 3. The first kappa shape index (κ1) is 13.3. The molecular weight excluding hydrogens is 257 g/mol. The second-order valence-corrected chi connectivity index (χ2v) is 5.95. The van der Waals surface area contributed by atoms with E-state index in [2.05, 4.69) is 4.83 Å². The van der Waals surface area contributed by atoms with Crippen molar-refractivity contribution < 1.29 is 12.8 Å². The molecule has 0 bridgehead atoms. The van der Waals surface area contributed by atoms with Crippen LogP contribution in [0.1, 0.15) is 19.3 Å². The van der Waals surface area contributed by atoms with Crippen LogP contribution in [0.3, 0.4) is 0 Å². The number of nitrogen functional groups attached to an aromatic ring is 1. The summed E-state index contributed by atoms with van der Waals surface area (Å²) in [6.45, 7) is 1.32. The Morgan fingerprint density at radius 2 is 1.89 bits per heavy atom. The Morgan fingerprint density at radius 1 is 1.22 bits per heavy atom. The minimum Gasteiger partial charge on any atom is -0.398 e. The molecule has 0 spiro atoms. The van der Waals surface area contributed by atoms with E-state index >= 15 is 0 Å². The number of sulfonamides is 1. The number of anilines is 1. The molecule has 7 heteroatoms. The van der Waals surface area contributed by atoms with Crippen molar-refractivity contribution in [2.24, 2.45) is 0 Å². The van der Waals surface area contributed by atoms with Gasteiger partial charge in [0.15, 0.2) is 0 Å². The summed E-state index contributed by atoms with van der Waals surface area (Å²) < 4.78 is 37.2. The van der Waals surface area contributed by atoms with Gasteiger partial charge in [-0.15, -0.1) is 4.83 Å². The lowest BCUT2D eigenvalue weighted by Gasteiger charge is -2.26. The normalized spacial score (nSPS) is 17.8. The van der Waals surface area contributed by atoms with Crippen LogP contribution < -0.4 is 10.6 Å². The van der Waals surface area contributed by atoms with E-state index in [4.69, 9.17) is 5.73 Å². The van der Waals surface area contributed by atoms with E-state index in [0.717, 1.165) is 31.4 Å². The molecule has 0 aliphatic carbocycles. The van der Waals surface area contributed by atoms with Gasteiger partial charge in [-0.1, -0.05) is 6.42 Å². The third-order valence-corrected chi connectivity index (χ3v) is 4.30. The molecule has 5 nitrogen and oxygen atoms in total. The number of piperidine rings is 1. The quantitative estimate of drug-likeness (QED) is 0.808. The van der Waals surface area contributed by atoms with E-state index in [9.17, 15) is 12.8 Å². The van der Waals surface area contributed by atoms with Crippen LogP contribution in [0, 0.1) is 5.82 Å². The third kappa shape index (κ3) is 2.98. The zero-order valence-corrected chi connectivity index (χ0v) is 10.7. The van der Waals surface area contributed by atoms with Crippen molar-refractivity contribution in [1.29, 1.82) is 0 Å². The highest BCUT2D eigenvalue weighted by molar-refractivity contribution is 7.89. The van der Waals surface area contributed by atoms with E-state index in [1.807, 2.05) is 0 Å². The summed E-state index contributed by atoms with van der Waals surface area (Å²) in [7, 11) is -3.80. The number of benzene rings is 1. The molecule has 100 valence electrons. The first-order chi connectivity index (χ1) is 8.49. The minimum atomic E-state index is -3.80. The predicted octanol–water partition coefficient (Wildman–Crippen LogP) is 1.09. The fourth-order valence-corrected chi connectivity index (χ4v) is 3.21. The van der Waals surface area contributed by atoms with Gasteiger partial charge < -0.3 is 5.73 Å². The van der Waals surface area contributed by atoms with Crippen LogP contribution in [0.25, 0.3) is 0 Å². The van der Waals surface area contributed by atoms with Crippen molar-refractivity contribution in [3.8, 4) is 0 Å². The van der Waals surface area contributed by atoms with E-state index in [-0.39, 0.29) is 10.6 Å². The molecule has 0 aromatic heterocycles. The molecule has 1 saturated heterocycles. The molecule has 18 heavy (non-hydrogen) atoms. The van der Waals surface area contributed by atoms with Gasteiger partial charge in [0.2, 0.25) is 0 Å². The highest BCUT2D eigenvalue weighted by Crippen LogP contribution is 2.20. The molecule has 1 aliphatic rings. The Hall–Kier alpha value is -1.18. The molecule has 0 atom stereocenters. The molecular formula is C11H16FN3O2S. The zero-order valence-electron chi connectivity index (χ0n) is 9.89. The summed E-state index contributed by atoms with van der Waals surface area (Å²) in [5, 5.41) is 1.63. The number of hydrogen-bond donors (Lipinski definition) is 2. The van der Waals surface area contributed by atoms with E-state index in [1.54, 1.807) is 5.01 Å². The van der Waals surface area contributed by atoms with E-state index in [1.165, 1.54) is 6.07 Å². The zero-order chi connectivity index (χ0) is 13.2. The predicted molar refractivity (Wildman–Crippen MR) is 66.6 cm³/mol. The molecule has 0 unspecified atom stereocenters. The van der Waals surface area contributed by atoms with Gasteiger partial charge in [-0.05, 0) is 31.0 Å². The Bertz CT molecular complexity index is 527. The van der Waals surface area contributed by atoms with Crippen LogP contribution in [0.2, 0.25) is 0 Å². The second-order valence-electron chi connectivity index (χ2n) is 4.32. The Kier molecular flexibility index (Phi) is 3.84. The molecule has 3 N–H and O–H groups in total. The smallest absolute Gasteiger partial charge is 0.255 e. The van der Waals surface area contributed by atoms with Crippen molar-refractivity contribution in [3.63, 3.8) is 0 Å². The average molecular weight is 273 g/mol. The fourth-order valence-electron chi connectivity index (χ4n) is 1.95. The van der Waals surface area contributed by atoms with E-state index < -0.39 is 15.8 Å². The molecule has 1 aromatic rings. The third-order valence-electron chi connectivity index (χ3n) is 2.87. The summed E-state index contributed by atoms with van der Waals surface area (Å²) in [6.07, 6.45) is 2.99. The fraction of sp³-hybridized carbons (Fsp3) is 0.455. The summed E-state index contributed by atoms with van der Waals surface area (Å²) in [4.78, 5) is 2.22. The lowest BCUT2D eigenvalue weighted by Crippen LogP contribution is -2.45. The maximum atomic E-state index is 13.1. The lowest BCUT2D eigenvalue weighted by atomic mass is 10.2. The Labute approximate surface area is 106 Å². The van der Waals surface area contributed by atoms with Crippen molar-refractivity contribution >= 4 is 15.7 Å². The Morgan fingerprint density at radius 3 is 2.56 bits per heavy atom. The number of nitrogens with zero attached hydrogens (tertiary/aromatic N) is 1. The Balaban J connectivity index is 2.21. The molecule has 1 aromatic carbocycles. The van der Waals surface area contributed by atoms with Gasteiger partial charge in [0.05, 0.1) is 5.69 Å². The van der Waals surface area contributed by atoms with E-state index in [0.29, 0.717) is 13.1 Å². The SMILES string of the molecule is Nc1ccc(F)cc1S(=O)(=O)NN1CCCCC1. The number of halogens is 1. The molecule has 0 amide bonds. The average Bonchev–Trinajstić information content (AvgIpc) is 2.33. The lowest BCUT2D eigenvalue weighted by molar-refractivity contribution is 0.200. The topological polar surface area (TPSA) is 75.4 Å². The number of hydrazine groups is 1. The first-order valence-corrected chi connectivity index (χ1v) is 7.30. The van der Waals surface area contributed by atoms with Gasteiger partial charge in [0.25, 0.3) is 10.0 Å². The van der Waals surface area contributed by atoms with Crippen molar-refractivity contribution in [3.05, 3.63) is 24.0 Å². The molecule has 1 aliphatic heterocycles. The maximum absolute atomic E-state index is 13.1. The number of nitrogens with one attached hydrogen (secondary N) is 1. The van der Waals surface area contributed by atoms with Crippen LogP contribution in [0.4, 0.5) is 10.1 Å². The first-order valence-electron chi connectivity index (χ1n) is 5.81. The van der Waals surface area contributed by atoms with Crippen LogP contribution in [0.15, 0.2) is 23.1 Å². The highest BCUT2D eigenvalue weighted by Gasteiger charge is 2.22. The van der Waals surface area contributed by atoms with Gasteiger partial charge >= 0.3 is 0 Å². The van der Waals surface area contributed by atoms with Gasteiger partial charge in [0.1, 0.15) is 10.7 Å². The molecule has 1 fully saturated rings. The summed E-state index contributed by atoms with van der Waals surface area (Å²) in [5.41, 5.74) is 5.62. The minimum absolute atomic E-state index is 0.0425. The maximum Gasteiger partial charge on any atom is 0.255 e. The van der Waals surface area contributed by atoms with Gasteiger partial charge in [-0.3, -0.25) is 0 Å². The highest BCUT2D eigenvalue weighted by atomic mass is 32.2. The summed E-state index contributed by atoms with van der Waals surface area (Å²) in [6, 6.07) is 3.32. The number of nitrogens with two attached hydrogens (primary N) is 1. The van der Waals surface area contributed by atoms with Crippen molar-refractivity contribution in [2.75, 3.05) is 18.8 Å². The van der Waals surface area contributed by atoms with Crippen LogP contribution in [-0.2, 0) is 10.0 Å². The van der Waals surface area contributed by atoms with Crippen LogP contribution in [-0.4, -0.2) is 26.5 Å². The van der Waals surface area contributed by atoms with Gasteiger partial charge in [0, 0.05) is 13.1 Å². The second kappa shape index (κ2) is 5.21. The van der Waals surface area contributed by atoms with Crippen molar-refractivity contribution in [2.45, 2.75) is 24.2 Å². The number of hydrogen-bond acceptors (Lipinski definition) is 4. The van der Waals surface area contributed by atoms with Crippen molar-refractivity contribution in [1.82, 2.24) is 9.84 Å². The summed E-state index contributed by atoms with van der Waals surface area (Å²) in [5.74, 6) is -0.622. The molecule has 1 heterocycles. The largest absolute Gasteiger partial charge is 0.398 e. The van der Waals surface area contributed by atoms with Crippen LogP contribution >= 0.6 is 0 Å². The van der Waals surface area contributed by atoms with Gasteiger partial charge in [-0.25, -0.2) is 17.8 Å². The standard InChI is InChI=1S/C11H16FN3O2S/c12-9-4-5-10(13)11(8-9)18(16,17)14-15-6-2-1-3-7-15/h4-5,8,14H,1-3,6-7,13H2. The van der Waals surface area contributed by atoms with Crippen LogP contribution in [0.5, 0.6) is 0 Å². The monoisotopic (exact) mass is 273 g/mol.